The van der Waals surface area contributed by atoms with Gasteiger partial charge in [0.1, 0.15) is 0 Å². The molecule has 0 spiro atoms. The third-order valence-corrected chi connectivity index (χ3v) is 5.72. The summed E-state index contributed by atoms with van der Waals surface area (Å²) in [5.41, 5.74) is 5.08. The molecule has 1 aliphatic carbocycles. The lowest BCUT2D eigenvalue weighted by atomic mass is 9.86. The minimum atomic E-state index is -3.27. The highest BCUT2D eigenvalue weighted by molar-refractivity contribution is 7.90. The fraction of sp³-hybridized carbons (Fsp3) is 0.917. The second-order valence-corrected chi connectivity index (χ2v) is 8.71. The Kier molecular flexibility index (Phi) is 5.20. The van der Waals surface area contributed by atoms with Crippen LogP contribution in [0.15, 0.2) is 0 Å². The first-order valence-corrected chi connectivity index (χ1v) is 8.15. The molecule has 2 amide bonds. The van der Waals surface area contributed by atoms with Crippen molar-refractivity contribution in [3.8, 4) is 0 Å². The van der Waals surface area contributed by atoms with E-state index in [1.54, 1.807) is 20.8 Å². The zero-order chi connectivity index (χ0) is 14.7. The highest BCUT2D eigenvalue weighted by Crippen LogP contribution is 2.24. The number of urea groups is 1. The number of hydrogen-bond donors (Lipinski definition) is 3. The van der Waals surface area contributed by atoms with E-state index < -0.39 is 20.8 Å². The second kappa shape index (κ2) is 6.09. The van der Waals surface area contributed by atoms with Crippen molar-refractivity contribution in [2.45, 2.75) is 57.2 Å². The normalized spacial score (nSPS) is 25.0. The van der Waals surface area contributed by atoms with Gasteiger partial charge < -0.3 is 11.1 Å². The molecule has 0 unspecified atom stereocenters. The zero-order valence-electron chi connectivity index (χ0n) is 11.9. The quantitative estimate of drug-likeness (QED) is 0.718. The van der Waals surface area contributed by atoms with Gasteiger partial charge in [0.05, 0.1) is 4.75 Å². The fourth-order valence-corrected chi connectivity index (χ4v) is 3.04. The molecule has 7 heteroatoms. The molecule has 0 atom stereocenters. The molecule has 0 heterocycles. The van der Waals surface area contributed by atoms with Gasteiger partial charge in [0.25, 0.3) is 0 Å². The third-order valence-electron chi connectivity index (χ3n) is 3.56. The van der Waals surface area contributed by atoms with Gasteiger partial charge >= 0.3 is 6.03 Å². The lowest BCUT2D eigenvalue weighted by molar-refractivity contribution is 0.235. The molecule has 0 aromatic heterocycles. The van der Waals surface area contributed by atoms with Crippen LogP contribution < -0.4 is 15.8 Å². The van der Waals surface area contributed by atoms with Crippen molar-refractivity contribution in [1.29, 1.82) is 0 Å². The van der Waals surface area contributed by atoms with Crippen molar-refractivity contribution in [2.75, 3.05) is 6.54 Å². The van der Waals surface area contributed by atoms with Crippen molar-refractivity contribution in [3.63, 3.8) is 0 Å². The summed E-state index contributed by atoms with van der Waals surface area (Å²) in [7, 11) is -3.27. The molecule has 1 saturated carbocycles. The van der Waals surface area contributed by atoms with E-state index in [2.05, 4.69) is 10.0 Å². The maximum absolute atomic E-state index is 11.9. The maximum atomic E-state index is 11.9. The molecule has 1 rings (SSSR count). The molecular formula is C12H25N3O3S. The third kappa shape index (κ3) is 4.99. The first-order chi connectivity index (χ1) is 8.62. The number of sulfonamides is 1. The van der Waals surface area contributed by atoms with Crippen molar-refractivity contribution < 1.29 is 13.2 Å². The number of carbonyl (C=O) groups excluding carboxylic acids is 1. The van der Waals surface area contributed by atoms with Gasteiger partial charge in [-0.25, -0.2) is 17.9 Å². The number of amides is 2. The highest BCUT2D eigenvalue weighted by Gasteiger charge is 2.30. The summed E-state index contributed by atoms with van der Waals surface area (Å²) in [5.74, 6) is 0.336. The smallest absolute Gasteiger partial charge is 0.312 e. The van der Waals surface area contributed by atoms with Crippen molar-refractivity contribution in [2.24, 2.45) is 11.7 Å². The van der Waals surface area contributed by atoms with Gasteiger partial charge in [-0.05, 0) is 52.4 Å². The summed E-state index contributed by atoms with van der Waals surface area (Å²) in [6, 6.07) is -0.357. The van der Waals surface area contributed by atoms with Gasteiger partial charge in [0, 0.05) is 12.6 Å². The van der Waals surface area contributed by atoms with Gasteiger partial charge in [-0.1, -0.05) is 0 Å². The van der Waals surface area contributed by atoms with Crippen LogP contribution in [-0.4, -0.2) is 31.8 Å². The Balaban J connectivity index is 2.36. The largest absolute Gasteiger partial charge is 0.352 e. The molecule has 0 aliphatic heterocycles. The summed E-state index contributed by atoms with van der Waals surface area (Å²) in [6.07, 6.45) is 3.50. The van der Waals surface area contributed by atoms with Gasteiger partial charge in [-0.2, -0.15) is 0 Å². The monoisotopic (exact) mass is 291 g/mol. The van der Waals surface area contributed by atoms with Gasteiger partial charge in [0.15, 0.2) is 0 Å². The van der Waals surface area contributed by atoms with Crippen molar-refractivity contribution >= 4 is 16.1 Å². The van der Waals surface area contributed by atoms with Crippen LogP contribution in [0.1, 0.15) is 46.5 Å². The molecule has 1 aliphatic rings. The van der Waals surface area contributed by atoms with E-state index in [9.17, 15) is 13.2 Å². The predicted octanol–water partition coefficient (Wildman–Crippen LogP) is 0.931. The van der Waals surface area contributed by atoms with Crippen LogP contribution in [0.3, 0.4) is 0 Å². The Hall–Kier alpha value is -0.820. The Bertz CT molecular complexity index is 406. The zero-order valence-corrected chi connectivity index (χ0v) is 12.7. The minimum Gasteiger partial charge on any atom is -0.352 e. The van der Waals surface area contributed by atoms with Crippen LogP contribution in [0, 0.1) is 5.92 Å². The van der Waals surface area contributed by atoms with Crippen molar-refractivity contribution in [3.05, 3.63) is 0 Å². The Morgan fingerprint density at radius 1 is 1.21 bits per heavy atom. The molecule has 0 radical (unpaired) electrons. The summed E-state index contributed by atoms with van der Waals surface area (Å²) >= 11 is 0. The second-order valence-electron chi connectivity index (χ2n) is 6.19. The van der Waals surface area contributed by atoms with E-state index >= 15 is 0 Å². The number of nitrogens with one attached hydrogen (secondary N) is 2. The predicted molar refractivity (Wildman–Crippen MR) is 75.1 cm³/mol. The SMILES string of the molecule is CC(C)(C)S(=O)(=O)NCC1CCC(NC(N)=O)CC1. The van der Waals surface area contributed by atoms with Crippen LogP contribution in [0.25, 0.3) is 0 Å². The van der Waals surface area contributed by atoms with Crippen LogP contribution in [-0.2, 0) is 10.0 Å². The van der Waals surface area contributed by atoms with Crippen LogP contribution >= 0.6 is 0 Å². The van der Waals surface area contributed by atoms with E-state index in [0.29, 0.717) is 12.5 Å². The van der Waals surface area contributed by atoms with E-state index in [4.69, 9.17) is 5.73 Å². The lowest BCUT2D eigenvalue weighted by Crippen LogP contribution is -2.44. The molecule has 112 valence electrons. The Morgan fingerprint density at radius 2 is 1.74 bits per heavy atom. The van der Waals surface area contributed by atoms with Gasteiger partial charge in [-0.3, -0.25) is 0 Å². The molecule has 1 fully saturated rings. The van der Waals surface area contributed by atoms with Crippen molar-refractivity contribution in [1.82, 2.24) is 10.0 Å². The number of hydrogen-bond acceptors (Lipinski definition) is 3. The van der Waals surface area contributed by atoms with E-state index in [1.165, 1.54) is 0 Å². The maximum Gasteiger partial charge on any atom is 0.312 e. The standard InChI is InChI=1S/C12H25N3O3S/c1-12(2,3)19(17,18)14-8-9-4-6-10(7-5-9)15-11(13)16/h9-10,14H,4-8H2,1-3H3,(H3,13,15,16). The number of rotatable bonds is 4. The molecule has 4 N–H and O–H groups in total. The van der Waals surface area contributed by atoms with Gasteiger partial charge in [-0.15, -0.1) is 0 Å². The van der Waals surface area contributed by atoms with Crippen LogP contribution in [0.5, 0.6) is 0 Å². The molecule has 0 aromatic rings. The van der Waals surface area contributed by atoms with Crippen LogP contribution in [0.2, 0.25) is 0 Å². The minimum absolute atomic E-state index is 0.132. The number of carbonyl (C=O) groups is 1. The van der Waals surface area contributed by atoms with Gasteiger partial charge in [0.2, 0.25) is 10.0 Å². The summed E-state index contributed by atoms with van der Waals surface area (Å²) in [5, 5.41) is 2.70. The molecule has 0 bridgehead atoms. The Morgan fingerprint density at radius 3 is 2.16 bits per heavy atom. The van der Waals surface area contributed by atoms with Crippen LogP contribution in [0.4, 0.5) is 4.79 Å². The topological polar surface area (TPSA) is 101 Å². The summed E-state index contributed by atoms with van der Waals surface area (Å²) < 4.78 is 25.7. The summed E-state index contributed by atoms with van der Waals surface area (Å²) in [6.45, 7) is 5.53. The van der Waals surface area contributed by atoms with E-state index in [0.717, 1.165) is 25.7 Å². The molecular weight excluding hydrogens is 266 g/mol. The number of nitrogens with two attached hydrogens (primary N) is 1. The molecule has 6 nitrogen and oxygen atoms in total. The molecule has 0 aromatic carbocycles. The first kappa shape index (κ1) is 16.2. The lowest BCUT2D eigenvalue weighted by Gasteiger charge is -2.29. The highest BCUT2D eigenvalue weighted by atomic mass is 32.2. The fourth-order valence-electron chi connectivity index (χ4n) is 2.16. The summed E-state index contributed by atoms with van der Waals surface area (Å²) in [4.78, 5) is 10.7. The van der Waals surface area contributed by atoms with E-state index in [-0.39, 0.29) is 6.04 Å². The molecule has 0 saturated heterocycles. The average molecular weight is 291 g/mol. The average Bonchev–Trinajstić information content (AvgIpc) is 2.26. The number of primary amides is 1. The van der Waals surface area contributed by atoms with E-state index in [1.807, 2.05) is 0 Å². The molecule has 19 heavy (non-hydrogen) atoms. The first-order valence-electron chi connectivity index (χ1n) is 6.67. The Labute approximate surface area is 115 Å².